The summed E-state index contributed by atoms with van der Waals surface area (Å²) in [4.78, 5) is 35.3. The lowest BCUT2D eigenvalue weighted by atomic mass is 10.1. The quantitative estimate of drug-likeness (QED) is 0.0217. The number of ether oxygens (including phenoxy) is 2. The maximum absolute atomic E-state index is 12.6. The number of rotatable bonds is 37. The fourth-order valence-corrected chi connectivity index (χ4v) is 5.82. The van der Waals surface area contributed by atoms with Crippen LogP contribution in [-0.2, 0) is 32.7 Å². The largest absolute Gasteiger partial charge is 0.472 e. The molecule has 0 aromatic rings. The highest BCUT2D eigenvalue weighted by Crippen LogP contribution is 2.43. The van der Waals surface area contributed by atoms with Gasteiger partial charge in [0.05, 0.1) is 27.7 Å². The van der Waals surface area contributed by atoms with Crippen molar-refractivity contribution in [2.75, 3.05) is 47.5 Å². The number of phosphoric acid groups is 1. The number of carbonyl (C=O) groups excluding carboxylic acids is 2. The third-order valence-corrected chi connectivity index (χ3v) is 9.39. The monoisotopic (exact) mass is 805 g/mol. The minimum Gasteiger partial charge on any atom is -0.462 e. The molecule has 9 nitrogen and oxygen atoms in total. The Bertz CT molecular complexity index is 1230. The molecule has 0 rings (SSSR count). The van der Waals surface area contributed by atoms with E-state index in [4.69, 9.17) is 18.5 Å². The summed E-state index contributed by atoms with van der Waals surface area (Å²) in [5, 5.41) is 0. The predicted molar refractivity (Wildman–Crippen MR) is 233 cm³/mol. The van der Waals surface area contributed by atoms with Crippen molar-refractivity contribution in [2.45, 2.75) is 148 Å². The zero-order chi connectivity index (χ0) is 41.4. The number of hydrogen-bond donors (Lipinski definition) is 1. The molecule has 0 radical (unpaired) electrons. The third-order valence-electron chi connectivity index (χ3n) is 8.41. The number of hydrogen-bond acceptors (Lipinski definition) is 7. The maximum Gasteiger partial charge on any atom is 0.472 e. The highest BCUT2D eigenvalue weighted by Gasteiger charge is 2.27. The second-order valence-corrected chi connectivity index (χ2v) is 16.4. The number of nitrogens with zero attached hydrogens (tertiary/aromatic N) is 1. The Kier molecular flexibility index (Phi) is 35.9. The van der Waals surface area contributed by atoms with Gasteiger partial charge in [0.2, 0.25) is 0 Å². The van der Waals surface area contributed by atoms with Crippen LogP contribution in [0.3, 0.4) is 0 Å². The Morgan fingerprint density at radius 2 is 1.04 bits per heavy atom. The summed E-state index contributed by atoms with van der Waals surface area (Å²) >= 11 is 0. The first-order valence-electron chi connectivity index (χ1n) is 21.3. The molecule has 10 heteroatoms. The van der Waals surface area contributed by atoms with Crippen molar-refractivity contribution in [2.24, 2.45) is 0 Å². The standard InChI is InChI=1S/C46H78NO8P/c1-6-8-10-12-14-16-18-20-22-23-25-26-28-30-32-34-36-38-45(48)52-42-44(43-54-56(50,51)53-41-40-47(3,4)5)55-46(49)39-37-35-33-31-29-27-24-21-19-17-15-13-11-9-7-2/h9,11,15,17,20-22,24-26,29-32,44H,6-8,10,12-14,16,18-19,23,27-28,33-43H2,1-5H3/p+1/b11-9+,17-15+,22-20+,24-21+,26-25+,31-29+,32-30+/t44-/m1/s1. The van der Waals surface area contributed by atoms with Crippen LogP contribution in [0.2, 0.25) is 0 Å². The summed E-state index contributed by atoms with van der Waals surface area (Å²) in [7, 11) is 1.41. The molecule has 2 atom stereocenters. The minimum atomic E-state index is -4.40. The van der Waals surface area contributed by atoms with E-state index in [2.05, 4.69) is 98.9 Å². The van der Waals surface area contributed by atoms with E-state index >= 15 is 0 Å². The molecule has 320 valence electrons. The summed E-state index contributed by atoms with van der Waals surface area (Å²) in [6.45, 7) is 4.16. The Hall–Kier alpha value is -2.81. The average Bonchev–Trinajstić information content (AvgIpc) is 3.15. The highest BCUT2D eigenvalue weighted by molar-refractivity contribution is 7.47. The molecule has 1 unspecified atom stereocenters. The molecular weight excluding hydrogens is 725 g/mol. The molecule has 0 fully saturated rings. The van der Waals surface area contributed by atoms with E-state index in [0.717, 1.165) is 64.2 Å². The van der Waals surface area contributed by atoms with Crippen LogP contribution in [-0.4, -0.2) is 74.9 Å². The smallest absolute Gasteiger partial charge is 0.462 e. The molecule has 56 heavy (non-hydrogen) atoms. The summed E-state index contributed by atoms with van der Waals surface area (Å²) in [5.74, 6) is -0.918. The molecule has 0 amide bonds. The Balaban J connectivity index is 4.55. The third kappa shape index (κ3) is 40.8. The molecule has 0 spiro atoms. The van der Waals surface area contributed by atoms with Gasteiger partial charge in [0.15, 0.2) is 6.10 Å². The van der Waals surface area contributed by atoms with Gasteiger partial charge in [-0.3, -0.25) is 18.6 Å². The van der Waals surface area contributed by atoms with Gasteiger partial charge >= 0.3 is 19.8 Å². The second-order valence-electron chi connectivity index (χ2n) is 15.0. The SMILES string of the molecule is CC/C=C/C/C=C/C/C=C/C/C=C/CCCCC(=O)O[C@H](COC(=O)CCC/C=C/C/C=C/C/C=C/CCCCCCCC)COP(=O)(O)OCC[N+](C)(C)C. The number of unbranched alkanes of at least 4 members (excludes halogenated alkanes) is 9. The topological polar surface area (TPSA) is 108 Å². The van der Waals surface area contributed by atoms with Crippen molar-refractivity contribution in [1.29, 1.82) is 0 Å². The van der Waals surface area contributed by atoms with Gasteiger partial charge in [0.1, 0.15) is 19.8 Å². The van der Waals surface area contributed by atoms with E-state index < -0.39 is 32.5 Å². The Labute approximate surface area is 341 Å². The van der Waals surface area contributed by atoms with Crippen LogP contribution in [0.5, 0.6) is 0 Å². The number of likely N-dealkylation sites (N-methyl/N-ethyl adjacent to an activating group) is 1. The number of quaternary nitrogens is 1. The molecular formula is C46H79NO8P+. The van der Waals surface area contributed by atoms with Gasteiger partial charge in [-0.15, -0.1) is 0 Å². The maximum atomic E-state index is 12.6. The number of phosphoric ester groups is 1. The first-order valence-corrected chi connectivity index (χ1v) is 22.8. The number of carbonyl (C=O) groups is 2. The normalized spacial score (nSPS) is 14.5. The highest BCUT2D eigenvalue weighted by atomic mass is 31.2. The van der Waals surface area contributed by atoms with Gasteiger partial charge in [0, 0.05) is 12.8 Å². The predicted octanol–water partition coefficient (Wildman–Crippen LogP) is 12.0. The van der Waals surface area contributed by atoms with Crippen molar-refractivity contribution in [3.05, 3.63) is 85.1 Å². The van der Waals surface area contributed by atoms with Crippen molar-refractivity contribution < 1.29 is 42.1 Å². The Morgan fingerprint density at radius 1 is 0.571 bits per heavy atom. The van der Waals surface area contributed by atoms with E-state index in [-0.39, 0.29) is 26.1 Å². The summed E-state index contributed by atoms with van der Waals surface area (Å²) in [6.07, 6.45) is 47.9. The fourth-order valence-electron chi connectivity index (χ4n) is 5.08. The van der Waals surface area contributed by atoms with E-state index in [1.165, 1.54) is 38.5 Å². The first-order chi connectivity index (χ1) is 27.0. The van der Waals surface area contributed by atoms with Gasteiger partial charge in [0.25, 0.3) is 0 Å². The van der Waals surface area contributed by atoms with E-state index in [1.807, 2.05) is 21.1 Å². The molecule has 0 aromatic heterocycles. The van der Waals surface area contributed by atoms with Gasteiger partial charge < -0.3 is 18.9 Å². The van der Waals surface area contributed by atoms with Gasteiger partial charge in [-0.1, -0.05) is 131 Å². The second kappa shape index (κ2) is 37.7. The van der Waals surface area contributed by atoms with Crippen LogP contribution >= 0.6 is 7.82 Å². The molecule has 0 saturated heterocycles. The average molecular weight is 805 g/mol. The zero-order valence-corrected chi connectivity index (χ0v) is 36.7. The van der Waals surface area contributed by atoms with E-state index in [1.54, 1.807) is 0 Å². The lowest BCUT2D eigenvalue weighted by molar-refractivity contribution is -0.870. The van der Waals surface area contributed by atoms with Crippen LogP contribution in [0.25, 0.3) is 0 Å². The van der Waals surface area contributed by atoms with Crippen molar-refractivity contribution >= 4 is 19.8 Å². The van der Waals surface area contributed by atoms with Crippen LogP contribution in [0.4, 0.5) is 0 Å². The van der Waals surface area contributed by atoms with Gasteiger partial charge in [-0.05, 0) is 83.5 Å². The van der Waals surface area contributed by atoms with Gasteiger partial charge in [-0.25, -0.2) is 4.57 Å². The molecule has 0 aromatic carbocycles. The Morgan fingerprint density at radius 3 is 1.57 bits per heavy atom. The molecule has 0 aliphatic rings. The molecule has 0 aliphatic heterocycles. The minimum absolute atomic E-state index is 0.0113. The van der Waals surface area contributed by atoms with Crippen LogP contribution in [0, 0.1) is 0 Å². The molecule has 0 heterocycles. The van der Waals surface area contributed by atoms with Gasteiger partial charge in [-0.2, -0.15) is 0 Å². The van der Waals surface area contributed by atoms with Crippen molar-refractivity contribution in [3.8, 4) is 0 Å². The molecule has 0 saturated carbocycles. The molecule has 0 bridgehead atoms. The lowest BCUT2D eigenvalue weighted by Gasteiger charge is -2.24. The van der Waals surface area contributed by atoms with Crippen LogP contribution in [0.15, 0.2) is 85.1 Å². The lowest BCUT2D eigenvalue weighted by Crippen LogP contribution is -2.37. The molecule has 0 aliphatic carbocycles. The van der Waals surface area contributed by atoms with Crippen LogP contribution in [0.1, 0.15) is 142 Å². The number of esters is 2. The number of allylic oxidation sites excluding steroid dienone is 14. The van der Waals surface area contributed by atoms with Crippen LogP contribution < -0.4 is 0 Å². The summed E-state index contributed by atoms with van der Waals surface area (Å²) < 4.78 is 34.1. The summed E-state index contributed by atoms with van der Waals surface area (Å²) in [5.41, 5.74) is 0. The van der Waals surface area contributed by atoms with E-state index in [0.29, 0.717) is 23.9 Å². The zero-order valence-electron chi connectivity index (χ0n) is 35.8. The van der Waals surface area contributed by atoms with Crippen molar-refractivity contribution in [1.82, 2.24) is 0 Å². The van der Waals surface area contributed by atoms with E-state index in [9.17, 15) is 19.0 Å². The molecule has 1 N–H and O–H groups in total. The van der Waals surface area contributed by atoms with Crippen molar-refractivity contribution in [3.63, 3.8) is 0 Å². The fraction of sp³-hybridized carbons (Fsp3) is 0.652. The summed E-state index contributed by atoms with van der Waals surface area (Å²) in [6, 6.07) is 0. The first kappa shape index (κ1) is 53.2.